The van der Waals surface area contributed by atoms with E-state index in [1.165, 1.54) is 13.2 Å². The van der Waals surface area contributed by atoms with E-state index >= 15 is 0 Å². The van der Waals surface area contributed by atoms with Crippen LogP contribution in [0.25, 0.3) is 12.2 Å². The minimum Gasteiger partial charge on any atom is -0.504 e. The topological polar surface area (TPSA) is 184 Å². The summed E-state index contributed by atoms with van der Waals surface area (Å²) in [5, 5.41) is 55.3. The molecule has 0 saturated carbocycles. The molecule has 1 aliphatic carbocycles. The standard InChI is InChI=1S/C33H39NO11/c1-18(37)43-30-29(39)28-15-34-17-33(41,45-28)31(30)44-32(40)23(11-20-4-8-26(38)27(13-20)42-2)14-25-22(16-36)7-6-21-5-3-19(9-10-35)12-24(21)25/h3-8,11-13,22,25,28-31,34-36,38-39,41H,9-10,14-17H2,1-2H3. The second kappa shape index (κ2) is 13.7. The number of hydrogen-bond acceptors (Lipinski definition) is 12. The van der Waals surface area contributed by atoms with Crippen LogP contribution < -0.4 is 10.1 Å². The van der Waals surface area contributed by atoms with Crippen molar-refractivity contribution in [1.82, 2.24) is 5.32 Å². The summed E-state index contributed by atoms with van der Waals surface area (Å²) >= 11 is 0. The highest BCUT2D eigenvalue weighted by molar-refractivity contribution is 5.94. The fraction of sp³-hybridized carbons (Fsp3) is 0.455. The lowest BCUT2D eigenvalue weighted by Gasteiger charge is -2.51. The normalized spacial score (nSPS) is 29.1. The van der Waals surface area contributed by atoms with Crippen molar-refractivity contribution in [3.63, 3.8) is 0 Å². The molecular weight excluding hydrogens is 586 g/mol. The quantitative estimate of drug-likeness (QED) is 0.163. The van der Waals surface area contributed by atoms with Gasteiger partial charge in [-0.25, -0.2) is 4.79 Å². The number of rotatable bonds is 10. The van der Waals surface area contributed by atoms with Crippen molar-refractivity contribution in [2.75, 3.05) is 33.4 Å². The first-order chi connectivity index (χ1) is 21.6. The lowest BCUT2D eigenvalue weighted by Crippen LogP contribution is -2.73. The van der Waals surface area contributed by atoms with E-state index in [2.05, 4.69) is 5.32 Å². The number of aliphatic hydroxyl groups is 4. The Balaban J connectivity index is 1.55. The van der Waals surface area contributed by atoms with Gasteiger partial charge in [0, 0.05) is 38.2 Å². The van der Waals surface area contributed by atoms with Gasteiger partial charge >= 0.3 is 11.9 Å². The highest BCUT2D eigenvalue weighted by Gasteiger charge is 2.59. The number of esters is 2. The third kappa shape index (κ3) is 6.91. The summed E-state index contributed by atoms with van der Waals surface area (Å²) < 4.78 is 22.2. The minimum atomic E-state index is -2.10. The number of phenolic OH excluding ortho intramolecular Hbond substituents is 1. The highest BCUT2D eigenvalue weighted by Crippen LogP contribution is 2.41. The van der Waals surface area contributed by atoms with E-state index in [0.717, 1.165) is 23.6 Å². The van der Waals surface area contributed by atoms with E-state index < -0.39 is 48.1 Å². The number of β-amino-alcohol motifs (C(OH)–C–C–N with tert-alkyl or cyclic N) is 1. The summed E-state index contributed by atoms with van der Waals surface area (Å²) in [6, 6.07) is 10.3. The van der Waals surface area contributed by atoms with Gasteiger partial charge in [0.2, 0.25) is 5.79 Å². The summed E-state index contributed by atoms with van der Waals surface area (Å²) in [5.74, 6) is -4.40. The van der Waals surface area contributed by atoms with Gasteiger partial charge in [0.25, 0.3) is 0 Å². The molecule has 3 aliphatic rings. The lowest BCUT2D eigenvalue weighted by atomic mass is 9.75. The average molecular weight is 626 g/mol. The van der Waals surface area contributed by atoms with Crippen molar-refractivity contribution in [1.29, 1.82) is 0 Å². The first-order valence-corrected chi connectivity index (χ1v) is 14.8. The zero-order chi connectivity index (χ0) is 32.3. The molecule has 0 amide bonds. The van der Waals surface area contributed by atoms with Crippen LogP contribution in [0.3, 0.4) is 0 Å². The second-order valence-electron chi connectivity index (χ2n) is 11.6. The first kappa shape index (κ1) is 32.6. The molecule has 2 fully saturated rings. The summed E-state index contributed by atoms with van der Waals surface area (Å²) in [5.41, 5.74) is 3.29. The number of nitrogens with one attached hydrogen (secondary N) is 1. The molecule has 2 aliphatic heterocycles. The second-order valence-corrected chi connectivity index (χ2v) is 11.6. The fourth-order valence-corrected chi connectivity index (χ4v) is 6.26. The van der Waals surface area contributed by atoms with Crippen LogP contribution in [0.1, 0.15) is 41.5 Å². The van der Waals surface area contributed by atoms with Gasteiger partial charge in [0.15, 0.2) is 23.7 Å². The summed E-state index contributed by atoms with van der Waals surface area (Å²) in [6.45, 7) is 0.938. The summed E-state index contributed by atoms with van der Waals surface area (Å²) in [4.78, 5) is 26.1. The number of benzene rings is 2. The van der Waals surface area contributed by atoms with Gasteiger partial charge in [0.05, 0.1) is 13.7 Å². The third-order valence-corrected chi connectivity index (χ3v) is 8.52. The van der Waals surface area contributed by atoms with E-state index in [1.807, 2.05) is 30.4 Å². The number of carbonyl (C=O) groups is 2. The highest BCUT2D eigenvalue weighted by atomic mass is 16.7. The van der Waals surface area contributed by atoms with Crippen LogP contribution in [0.4, 0.5) is 0 Å². The Morgan fingerprint density at radius 1 is 1.16 bits per heavy atom. The Labute approximate surface area is 260 Å². The molecule has 2 aromatic carbocycles. The Kier molecular flexibility index (Phi) is 9.92. The molecule has 7 unspecified atom stereocenters. The van der Waals surface area contributed by atoms with Crippen LogP contribution in [0.2, 0.25) is 0 Å². The van der Waals surface area contributed by atoms with Crippen molar-refractivity contribution in [2.24, 2.45) is 5.92 Å². The smallest absolute Gasteiger partial charge is 0.334 e. The molecule has 2 heterocycles. The number of methoxy groups -OCH3 is 1. The van der Waals surface area contributed by atoms with Crippen LogP contribution >= 0.6 is 0 Å². The molecule has 45 heavy (non-hydrogen) atoms. The number of carbonyl (C=O) groups excluding carboxylic acids is 2. The van der Waals surface area contributed by atoms with Crippen molar-refractivity contribution in [3.05, 3.63) is 70.3 Å². The van der Waals surface area contributed by atoms with Crippen LogP contribution in [-0.2, 0) is 30.2 Å². The van der Waals surface area contributed by atoms with Gasteiger partial charge in [-0.05, 0) is 59.2 Å². The molecular formula is C33H39NO11. The first-order valence-electron chi connectivity index (χ1n) is 14.8. The Hall–Kier alpha value is -3.78. The van der Waals surface area contributed by atoms with Crippen LogP contribution in [0.5, 0.6) is 11.5 Å². The van der Waals surface area contributed by atoms with Gasteiger partial charge in [-0.2, -0.15) is 0 Å². The molecule has 7 atom stereocenters. The molecule has 6 N–H and O–H groups in total. The Bertz CT molecular complexity index is 1470. The molecule has 12 nitrogen and oxygen atoms in total. The number of phenols is 1. The molecule has 0 aromatic heterocycles. The molecule has 2 bridgehead atoms. The van der Waals surface area contributed by atoms with Gasteiger partial charge < -0.3 is 49.8 Å². The molecule has 12 heteroatoms. The SMILES string of the molecule is COc1cc(C=C(CC2c3cc(CCO)ccc3C=CC2CO)C(=O)OC2C(OC(C)=O)C(O)C3CNCC2(O)O3)ccc1O. The van der Waals surface area contributed by atoms with Crippen molar-refractivity contribution < 1.29 is 54.1 Å². The van der Waals surface area contributed by atoms with E-state index in [0.29, 0.717) is 12.0 Å². The maximum absolute atomic E-state index is 14.1. The van der Waals surface area contributed by atoms with Crippen LogP contribution in [0.15, 0.2) is 48.0 Å². The number of aliphatic hydroxyl groups excluding tert-OH is 3. The van der Waals surface area contributed by atoms with Gasteiger partial charge in [0.1, 0.15) is 12.2 Å². The number of fused-ring (bicyclic) bond motifs is 3. The molecule has 5 rings (SSSR count). The van der Waals surface area contributed by atoms with E-state index in [-0.39, 0.29) is 55.7 Å². The lowest BCUT2D eigenvalue weighted by molar-refractivity contribution is -0.355. The van der Waals surface area contributed by atoms with Gasteiger partial charge in [-0.3, -0.25) is 4.79 Å². The largest absolute Gasteiger partial charge is 0.504 e. The molecule has 242 valence electrons. The average Bonchev–Trinajstić information content (AvgIpc) is 3.02. The predicted molar refractivity (Wildman–Crippen MR) is 161 cm³/mol. The van der Waals surface area contributed by atoms with E-state index in [4.69, 9.17) is 18.9 Å². The van der Waals surface area contributed by atoms with Crippen LogP contribution in [0, 0.1) is 5.92 Å². The summed E-state index contributed by atoms with van der Waals surface area (Å²) in [7, 11) is 1.40. The Morgan fingerprint density at radius 2 is 1.96 bits per heavy atom. The van der Waals surface area contributed by atoms with E-state index in [9.17, 15) is 35.1 Å². The summed E-state index contributed by atoms with van der Waals surface area (Å²) in [6.07, 6.45) is 0.547. The maximum atomic E-state index is 14.1. The maximum Gasteiger partial charge on any atom is 0.334 e. The van der Waals surface area contributed by atoms with Crippen molar-refractivity contribution in [2.45, 2.75) is 55.9 Å². The van der Waals surface area contributed by atoms with Gasteiger partial charge in [-0.1, -0.05) is 36.4 Å². The Morgan fingerprint density at radius 3 is 2.67 bits per heavy atom. The molecule has 2 saturated heterocycles. The monoisotopic (exact) mass is 625 g/mol. The number of hydrogen-bond donors (Lipinski definition) is 6. The number of morpholine rings is 1. The number of ether oxygens (including phenoxy) is 4. The van der Waals surface area contributed by atoms with Gasteiger partial charge in [-0.15, -0.1) is 0 Å². The molecule has 2 aromatic rings. The zero-order valence-corrected chi connectivity index (χ0v) is 25.1. The van der Waals surface area contributed by atoms with Crippen molar-refractivity contribution >= 4 is 24.1 Å². The number of aromatic hydroxyl groups is 1. The molecule has 0 spiro atoms. The van der Waals surface area contributed by atoms with Crippen molar-refractivity contribution in [3.8, 4) is 11.5 Å². The molecule has 0 radical (unpaired) electrons. The minimum absolute atomic E-state index is 0.0413. The third-order valence-electron chi connectivity index (χ3n) is 8.52. The zero-order valence-electron chi connectivity index (χ0n) is 25.1. The fourth-order valence-electron chi connectivity index (χ4n) is 6.26. The predicted octanol–water partition coefficient (Wildman–Crippen LogP) is 1.02. The van der Waals surface area contributed by atoms with E-state index in [1.54, 1.807) is 18.2 Å². The van der Waals surface area contributed by atoms with Crippen LogP contribution in [-0.4, -0.2) is 101 Å².